The SMILES string of the molecule is CN(c1ccc(C(C)(C)C)cc1C(C)(C)C)P(Cl)Cl. The van der Waals surface area contributed by atoms with Gasteiger partial charge in [0.25, 0.3) is 0 Å². The summed E-state index contributed by atoms with van der Waals surface area (Å²) in [5.41, 5.74) is 3.95. The average molecular weight is 320 g/mol. The van der Waals surface area contributed by atoms with Crippen LogP contribution in [0.4, 0.5) is 5.69 Å². The number of rotatable bonds is 2. The predicted molar refractivity (Wildman–Crippen MR) is 90.9 cm³/mol. The van der Waals surface area contributed by atoms with Crippen LogP contribution in [-0.2, 0) is 10.8 Å². The molecule has 4 heteroatoms. The lowest BCUT2D eigenvalue weighted by atomic mass is 9.80. The molecule has 0 aliphatic heterocycles. The molecule has 0 aliphatic carbocycles. The van der Waals surface area contributed by atoms with E-state index in [1.807, 2.05) is 11.7 Å². The molecule has 0 bridgehead atoms. The van der Waals surface area contributed by atoms with Crippen molar-refractivity contribution in [2.45, 2.75) is 52.4 Å². The zero-order valence-corrected chi connectivity index (χ0v) is 15.3. The van der Waals surface area contributed by atoms with Gasteiger partial charge in [-0.25, -0.2) is 0 Å². The number of hydrogen-bond acceptors (Lipinski definition) is 1. The summed E-state index contributed by atoms with van der Waals surface area (Å²) in [5, 5.41) is 0. The molecule has 0 heterocycles. The molecule has 0 spiro atoms. The van der Waals surface area contributed by atoms with Gasteiger partial charge in [-0.3, -0.25) is 0 Å². The first-order chi connectivity index (χ1) is 8.44. The molecule has 0 N–H and O–H groups in total. The first kappa shape index (κ1) is 17.1. The van der Waals surface area contributed by atoms with E-state index in [4.69, 9.17) is 22.5 Å². The molecule has 0 saturated heterocycles. The highest BCUT2D eigenvalue weighted by Gasteiger charge is 2.25. The van der Waals surface area contributed by atoms with Gasteiger partial charge in [0.05, 0.1) is 0 Å². The Morgan fingerprint density at radius 3 is 1.84 bits per heavy atom. The fourth-order valence-electron chi connectivity index (χ4n) is 1.97. The Kier molecular flexibility index (Phi) is 5.21. The van der Waals surface area contributed by atoms with E-state index < -0.39 is 6.78 Å². The molecule has 0 aliphatic rings. The summed E-state index contributed by atoms with van der Waals surface area (Å²) in [7, 11) is 1.95. The zero-order valence-electron chi connectivity index (χ0n) is 12.9. The molecule has 0 unspecified atom stereocenters. The van der Waals surface area contributed by atoms with Crippen LogP contribution in [0.1, 0.15) is 52.7 Å². The van der Waals surface area contributed by atoms with Gasteiger partial charge in [0.2, 0.25) is 0 Å². The third kappa shape index (κ3) is 4.25. The minimum Gasteiger partial charge on any atom is -0.329 e. The molecule has 0 radical (unpaired) electrons. The number of anilines is 1. The van der Waals surface area contributed by atoms with Crippen molar-refractivity contribution in [2.24, 2.45) is 0 Å². The van der Waals surface area contributed by atoms with Crippen molar-refractivity contribution >= 4 is 34.9 Å². The molecule has 0 amide bonds. The van der Waals surface area contributed by atoms with Crippen molar-refractivity contribution in [2.75, 3.05) is 11.7 Å². The Morgan fingerprint density at radius 1 is 0.947 bits per heavy atom. The van der Waals surface area contributed by atoms with Crippen LogP contribution in [0.2, 0.25) is 0 Å². The van der Waals surface area contributed by atoms with Gasteiger partial charge in [0.15, 0.2) is 6.78 Å². The molecule has 1 aromatic rings. The minimum atomic E-state index is -1.16. The van der Waals surface area contributed by atoms with Crippen LogP contribution in [0.25, 0.3) is 0 Å². The maximum atomic E-state index is 6.07. The van der Waals surface area contributed by atoms with Crippen LogP contribution in [-0.4, -0.2) is 7.05 Å². The molecule has 108 valence electrons. The monoisotopic (exact) mass is 319 g/mol. The number of halogens is 2. The highest BCUT2D eigenvalue weighted by Crippen LogP contribution is 2.53. The van der Waals surface area contributed by atoms with E-state index in [9.17, 15) is 0 Å². The summed E-state index contributed by atoms with van der Waals surface area (Å²) in [6.07, 6.45) is 0. The molecule has 0 aromatic heterocycles. The molecule has 0 fully saturated rings. The van der Waals surface area contributed by atoms with Gasteiger partial charge in [0.1, 0.15) is 0 Å². The van der Waals surface area contributed by atoms with E-state index in [2.05, 4.69) is 59.7 Å². The van der Waals surface area contributed by atoms with Crippen molar-refractivity contribution in [1.29, 1.82) is 0 Å². The van der Waals surface area contributed by atoms with Crippen LogP contribution in [0.3, 0.4) is 0 Å². The van der Waals surface area contributed by atoms with Crippen LogP contribution < -0.4 is 4.67 Å². The lowest BCUT2D eigenvalue weighted by molar-refractivity contribution is 0.569. The molecule has 19 heavy (non-hydrogen) atoms. The number of nitrogens with zero attached hydrogens (tertiary/aromatic N) is 1. The second-order valence-electron chi connectivity index (χ2n) is 6.97. The Balaban J connectivity index is 3.42. The van der Waals surface area contributed by atoms with Crippen molar-refractivity contribution in [3.63, 3.8) is 0 Å². The standard InChI is InChI=1S/C15H24Cl2NP/c1-14(2,3)11-8-9-13(18(7)19(16)17)12(10-11)15(4,5)6/h8-10H,1-7H3. The fraction of sp³-hybridized carbons (Fsp3) is 0.600. The summed E-state index contributed by atoms with van der Waals surface area (Å²) in [5.74, 6) is 0. The normalized spacial score (nSPS) is 12.9. The summed E-state index contributed by atoms with van der Waals surface area (Å²) in [6.45, 7) is 12.2. The molecule has 1 nitrogen and oxygen atoms in total. The van der Waals surface area contributed by atoms with Crippen LogP contribution >= 0.6 is 29.3 Å². The molecular weight excluding hydrogens is 296 g/mol. The van der Waals surface area contributed by atoms with Crippen LogP contribution in [0.15, 0.2) is 18.2 Å². The number of hydrogen-bond donors (Lipinski definition) is 0. The van der Waals surface area contributed by atoms with E-state index >= 15 is 0 Å². The van der Waals surface area contributed by atoms with Gasteiger partial charge in [-0.2, -0.15) is 0 Å². The second-order valence-corrected chi connectivity index (χ2v) is 10.4. The zero-order chi connectivity index (χ0) is 15.0. The maximum absolute atomic E-state index is 6.07. The van der Waals surface area contributed by atoms with E-state index in [0.29, 0.717) is 0 Å². The topological polar surface area (TPSA) is 3.24 Å². The molecule has 1 rings (SSSR count). The Labute approximate surface area is 128 Å². The lowest BCUT2D eigenvalue weighted by Crippen LogP contribution is -2.20. The number of benzene rings is 1. The quantitative estimate of drug-likeness (QED) is 0.568. The van der Waals surface area contributed by atoms with E-state index in [1.165, 1.54) is 11.1 Å². The van der Waals surface area contributed by atoms with Gasteiger partial charge in [-0.05, 0) is 28.0 Å². The Bertz CT molecular complexity index is 444. The third-order valence-corrected chi connectivity index (χ3v) is 5.28. The Hall–Kier alpha value is 0.0300. The fourth-order valence-corrected chi connectivity index (χ4v) is 2.79. The van der Waals surface area contributed by atoms with Crippen molar-refractivity contribution in [3.8, 4) is 0 Å². The summed E-state index contributed by atoms with van der Waals surface area (Å²) in [4.78, 5) is 0. The first-order valence-electron chi connectivity index (χ1n) is 6.45. The van der Waals surface area contributed by atoms with Gasteiger partial charge < -0.3 is 4.67 Å². The van der Waals surface area contributed by atoms with Crippen molar-refractivity contribution in [1.82, 2.24) is 0 Å². The highest BCUT2D eigenvalue weighted by molar-refractivity contribution is 8.04. The van der Waals surface area contributed by atoms with E-state index in [-0.39, 0.29) is 10.8 Å². The van der Waals surface area contributed by atoms with Gasteiger partial charge in [-0.15, -0.1) is 0 Å². The smallest absolute Gasteiger partial charge is 0.187 e. The molecule has 0 atom stereocenters. The maximum Gasteiger partial charge on any atom is 0.187 e. The third-order valence-electron chi connectivity index (χ3n) is 3.25. The summed E-state index contributed by atoms with van der Waals surface area (Å²) in [6, 6.07) is 6.60. The second kappa shape index (κ2) is 5.80. The van der Waals surface area contributed by atoms with E-state index in [0.717, 1.165) is 5.69 Å². The molecule has 1 aromatic carbocycles. The van der Waals surface area contributed by atoms with Gasteiger partial charge >= 0.3 is 0 Å². The van der Waals surface area contributed by atoms with Crippen LogP contribution in [0, 0.1) is 0 Å². The largest absolute Gasteiger partial charge is 0.329 e. The predicted octanol–water partition coefficient (Wildman–Crippen LogP) is 6.42. The van der Waals surface area contributed by atoms with E-state index in [1.54, 1.807) is 0 Å². The van der Waals surface area contributed by atoms with Gasteiger partial charge in [0, 0.05) is 12.7 Å². The molecule has 0 saturated carbocycles. The minimum absolute atomic E-state index is 0.0595. The Morgan fingerprint density at radius 2 is 1.47 bits per heavy atom. The lowest BCUT2D eigenvalue weighted by Gasteiger charge is -2.31. The van der Waals surface area contributed by atoms with Crippen molar-refractivity contribution in [3.05, 3.63) is 29.3 Å². The van der Waals surface area contributed by atoms with Crippen molar-refractivity contribution < 1.29 is 0 Å². The average Bonchev–Trinajstić information content (AvgIpc) is 2.24. The van der Waals surface area contributed by atoms with Gasteiger partial charge in [-0.1, -0.05) is 76.2 Å². The highest BCUT2D eigenvalue weighted by atomic mass is 35.9. The summed E-state index contributed by atoms with van der Waals surface area (Å²) < 4.78 is 1.96. The summed E-state index contributed by atoms with van der Waals surface area (Å²) >= 11 is 12.1. The van der Waals surface area contributed by atoms with Crippen LogP contribution in [0.5, 0.6) is 0 Å². The molecular formula is C15H24Cl2NP. The first-order valence-corrected chi connectivity index (χ1v) is 9.55.